The van der Waals surface area contributed by atoms with Crippen LogP contribution in [-0.4, -0.2) is 29.0 Å². The number of carbonyl (C=O) groups excluding carboxylic acids is 2. The Morgan fingerprint density at radius 2 is 1.76 bits per heavy atom. The van der Waals surface area contributed by atoms with Crippen molar-refractivity contribution in [2.75, 3.05) is 10.7 Å². The molecule has 2 rings (SSSR count). The molecule has 0 spiro atoms. The van der Waals surface area contributed by atoms with Crippen LogP contribution in [0.5, 0.6) is 0 Å². The molecule has 2 N–H and O–H groups in total. The van der Waals surface area contributed by atoms with Gasteiger partial charge in [0.25, 0.3) is 0 Å². The lowest BCUT2D eigenvalue weighted by atomic mass is 10.2. The summed E-state index contributed by atoms with van der Waals surface area (Å²) in [6, 6.07) is 6.71. The smallest absolute Gasteiger partial charge is 0.429 e. The van der Waals surface area contributed by atoms with Crippen molar-refractivity contribution in [1.29, 1.82) is 0 Å². The van der Waals surface area contributed by atoms with E-state index in [1.54, 1.807) is 32.9 Å². The van der Waals surface area contributed by atoms with Crippen LogP contribution >= 0.6 is 11.6 Å². The first-order chi connectivity index (χ1) is 13.5. The number of nitrogens with one attached hydrogen (secondary N) is 2. The minimum Gasteiger partial charge on any atom is -0.442 e. The second kappa shape index (κ2) is 9.09. The minimum absolute atomic E-state index is 0.139. The number of hydrogen-bond acceptors (Lipinski definition) is 5. The zero-order valence-corrected chi connectivity index (χ0v) is 17.2. The van der Waals surface area contributed by atoms with Gasteiger partial charge >= 0.3 is 6.09 Å². The highest BCUT2D eigenvalue weighted by atomic mass is 35.5. The maximum atomic E-state index is 13.5. The number of aldehydes is 1. The summed E-state index contributed by atoms with van der Waals surface area (Å²) < 4.78 is 32.3. The third kappa shape index (κ3) is 6.60. The van der Waals surface area contributed by atoms with Gasteiger partial charge in [0.15, 0.2) is 0 Å². The highest BCUT2D eigenvalue weighted by molar-refractivity contribution is 6.31. The molecule has 9 heteroatoms. The Bertz CT molecular complexity index is 883. The van der Waals surface area contributed by atoms with Gasteiger partial charge in [-0.1, -0.05) is 11.6 Å². The first-order valence-corrected chi connectivity index (χ1v) is 9.13. The predicted octanol–water partition coefficient (Wildman–Crippen LogP) is 5.51. The van der Waals surface area contributed by atoms with Crippen LogP contribution in [0.2, 0.25) is 5.02 Å². The molecule has 1 amide bonds. The van der Waals surface area contributed by atoms with Gasteiger partial charge in [0.2, 0.25) is 0 Å². The summed E-state index contributed by atoms with van der Waals surface area (Å²) >= 11 is 6.04. The molecule has 0 radical (unpaired) electrons. The molecule has 0 fully saturated rings. The monoisotopic (exact) mass is 425 g/mol. The molecule has 156 valence electrons. The zero-order chi connectivity index (χ0) is 21.8. The second-order valence-corrected chi connectivity index (χ2v) is 7.75. The van der Waals surface area contributed by atoms with E-state index in [0.717, 1.165) is 23.2 Å². The summed E-state index contributed by atoms with van der Waals surface area (Å²) in [5.74, 6) is -1.51. The van der Waals surface area contributed by atoms with Gasteiger partial charge in [-0.2, -0.15) is 0 Å². The van der Waals surface area contributed by atoms with Crippen molar-refractivity contribution >= 4 is 41.0 Å². The van der Waals surface area contributed by atoms with Crippen LogP contribution in [-0.2, 0) is 9.53 Å². The summed E-state index contributed by atoms with van der Waals surface area (Å²) in [6.07, 6.45) is -0.197. The predicted molar refractivity (Wildman–Crippen MR) is 108 cm³/mol. The van der Waals surface area contributed by atoms with Crippen molar-refractivity contribution < 1.29 is 23.1 Å². The number of halogens is 3. The Labute approximate surface area is 172 Å². The Hall–Kier alpha value is -2.87. The van der Waals surface area contributed by atoms with E-state index in [0.29, 0.717) is 22.7 Å². The molecular formula is C20H22ClF2N3O3. The Balaban J connectivity index is 2.36. The fourth-order valence-electron chi connectivity index (χ4n) is 2.31. The lowest BCUT2D eigenvalue weighted by Crippen LogP contribution is -2.46. The topological polar surface area (TPSA) is 70.7 Å². The number of amides is 1. The largest absolute Gasteiger partial charge is 0.442 e. The molecule has 0 aliphatic heterocycles. The third-order valence-corrected chi connectivity index (χ3v) is 3.79. The van der Waals surface area contributed by atoms with Gasteiger partial charge in [-0.3, -0.25) is 5.43 Å². The van der Waals surface area contributed by atoms with Gasteiger partial charge in [-0.25, -0.2) is 18.6 Å². The Morgan fingerprint density at radius 3 is 2.31 bits per heavy atom. The molecule has 2 aromatic rings. The number of anilines is 3. The summed E-state index contributed by atoms with van der Waals surface area (Å²) in [6.45, 7) is 6.60. The average Bonchev–Trinajstić information content (AvgIpc) is 2.58. The van der Waals surface area contributed by atoms with E-state index in [-0.39, 0.29) is 5.69 Å². The van der Waals surface area contributed by atoms with Crippen molar-refractivity contribution in [2.24, 2.45) is 0 Å². The molecule has 0 saturated heterocycles. The van der Waals surface area contributed by atoms with Gasteiger partial charge < -0.3 is 14.8 Å². The summed E-state index contributed by atoms with van der Waals surface area (Å²) in [5.41, 5.74) is 2.84. The van der Waals surface area contributed by atoms with Crippen molar-refractivity contribution in [3.05, 3.63) is 53.1 Å². The maximum Gasteiger partial charge on any atom is 0.429 e. The summed E-state index contributed by atoms with van der Waals surface area (Å²) in [5, 5.41) is 4.21. The first-order valence-electron chi connectivity index (χ1n) is 8.75. The Kier molecular flexibility index (Phi) is 7.02. The van der Waals surface area contributed by atoms with E-state index in [2.05, 4.69) is 10.7 Å². The van der Waals surface area contributed by atoms with Crippen LogP contribution in [0.1, 0.15) is 27.7 Å². The normalized spacial score (nSPS) is 12.1. The van der Waals surface area contributed by atoms with Gasteiger partial charge in [-0.05, 0) is 58.0 Å². The fraction of sp³-hybridized carbons (Fsp3) is 0.300. The number of rotatable bonds is 6. The van der Waals surface area contributed by atoms with E-state index in [1.807, 2.05) is 0 Å². The number of benzene rings is 2. The van der Waals surface area contributed by atoms with Gasteiger partial charge in [0, 0.05) is 16.8 Å². The lowest BCUT2D eigenvalue weighted by molar-refractivity contribution is -0.111. The lowest BCUT2D eigenvalue weighted by Gasteiger charge is -2.31. The number of nitrogens with zero attached hydrogens (tertiary/aromatic N) is 1. The van der Waals surface area contributed by atoms with Crippen molar-refractivity contribution in [2.45, 2.75) is 39.3 Å². The second-order valence-electron chi connectivity index (χ2n) is 7.31. The molecule has 0 aromatic heterocycles. The van der Waals surface area contributed by atoms with Crippen molar-refractivity contribution in [3.8, 4) is 0 Å². The van der Waals surface area contributed by atoms with Crippen LogP contribution < -0.4 is 10.7 Å². The van der Waals surface area contributed by atoms with Crippen molar-refractivity contribution in [3.63, 3.8) is 0 Å². The minimum atomic E-state index is -0.861. The van der Waals surface area contributed by atoms with Crippen LogP contribution in [0.15, 0.2) is 36.4 Å². The van der Waals surface area contributed by atoms with Crippen LogP contribution in [0.4, 0.5) is 30.6 Å². The molecule has 0 aliphatic carbocycles. The average molecular weight is 426 g/mol. The highest BCUT2D eigenvalue weighted by Crippen LogP contribution is 2.30. The number of carbonyl (C=O) groups is 2. The summed E-state index contributed by atoms with van der Waals surface area (Å²) in [7, 11) is 0. The molecule has 0 aliphatic rings. The standard InChI is InChI=1S/C20H22ClF2N3O3/c1-12(11-27)26(19(28)29-20(2,3)4)25-17-6-5-13(21)7-18(17)24-16-9-14(22)8-15(23)10-16/h5-12,24-25H,1-4H3. The van der Waals surface area contributed by atoms with Gasteiger partial charge in [0.1, 0.15) is 29.6 Å². The Morgan fingerprint density at radius 1 is 1.14 bits per heavy atom. The van der Waals surface area contributed by atoms with E-state index < -0.39 is 29.4 Å². The zero-order valence-electron chi connectivity index (χ0n) is 16.4. The van der Waals surface area contributed by atoms with E-state index >= 15 is 0 Å². The van der Waals surface area contributed by atoms with Gasteiger partial charge in [-0.15, -0.1) is 0 Å². The van der Waals surface area contributed by atoms with Crippen LogP contribution in [0.3, 0.4) is 0 Å². The van der Waals surface area contributed by atoms with E-state index in [4.69, 9.17) is 16.3 Å². The highest BCUT2D eigenvalue weighted by Gasteiger charge is 2.27. The molecule has 29 heavy (non-hydrogen) atoms. The number of hydrogen-bond donors (Lipinski definition) is 2. The first kappa shape index (κ1) is 22.4. The SMILES string of the molecule is CC(C=O)N(Nc1ccc(Cl)cc1Nc1cc(F)cc(F)c1)C(=O)OC(C)(C)C. The fourth-order valence-corrected chi connectivity index (χ4v) is 2.49. The molecule has 0 saturated carbocycles. The molecule has 2 aromatic carbocycles. The molecule has 0 bridgehead atoms. The third-order valence-electron chi connectivity index (χ3n) is 3.56. The number of hydrazine groups is 1. The van der Waals surface area contributed by atoms with Crippen molar-refractivity contribution in [1.82, 2.24) is 5.01 Å². The molecule has 0 heterocycles. The van der Waals surface area contributed by atoms with E-state index in [1.165, 1.54) is 13.0 Å². The molecule has 1 atom stereocenters. The maximum absolute atomic E-state index is 13.5. The number of ether oxygens (including phenoxy) is 1. The van der Waals surface area contributed by atoms with Crippen LogP contribution in [0.25, 0.3) is 0 Å². The summed E-state index contributed by atoms with van der Waals surface area (Å²) in [4.78, 5) is 23.8. The van der Waals surface area contributed by atoms with Crippen LogP contribution in [0, 0.1) is 11.6 Å². The molecule has 1 unspecified atom stereocenters. The van der Waals surface area contributed by atoms with E-state index in [9.17, 15) is 18.4 Å². The quantitative estimate of drug-likeness (QED) is 0.471. The molecular weight excluding hydrogens is 404 g/mol. The molecule has 6 nitrogen and oxygen atoms in total. The van der Waals surface area contributed by atoms with Gasteiger partial charge in [0.05, 0.1) is 11.4 Å².